The second-order valence-electron chi connectivity index (χ2n) is 5.32. The van der Waals surface area contributed by atoms with Crippen molar-refractivity contribution in [2.45, 2.75) is 57.5 Å². The van der Waals surface area contributed by atoms with Crippen molar-refractivity contribution in [1.82, 2.24) is 5.32 Å². The number of carboxylic acid groups (broad SMARTS) is 1. The Morgan fingerprint density at radius 3 is 2.29 bits per heavy atom. The molecule has 98 valence electrons. The average molecular weight is 242 g/mol. The predicted molar refractivity (Wildman–Crippen MR) is 64.4 cm³/mol. The van der Waals surface area contributed by atoms with Crippen LogP contribution in [0.5, 0.6) is 0 Å². The lowest BCUT2D eigenvalue weighted by Gasteiger charge is -2.30. The number of carbonyl (C=O) groups is 2. The van der Waals surface area contributed by atoms with Crippen molar-refractivity contribution in [3.8, 4) is 0 Å². The third-order valence-electron chi connectivity index (χ3n) is 3.46. The molecular weight excluding hydrogens is 220 g/mol. The van der Waals surface area contributed by atoms with Crippen molar-refractivity contribution in [2.24, 2.45) is 11.7 Å². The van der Waals surface area contributed by atoms with E-state index in [1.807, 2.05) is 13.8 Å². The first-order chi connectivity index (χ1) is 7.86. The Morgan fingerprint density at radius 1 is 1.35 bits per heavy atom. The summed E-state index contributed by atoms with van der Waals surface area (Å²) in [6.07, 6.45) is 3.38. The van der Waals surface area contributed by atoms with E-state index < -0.39 is 17.6 Å². The van der Waals surface area contributed by atoms with E-state index in [4.69, 9.17) is 10.8 Å². The number of rotatable bonds is 5. The molecular formula is C12H22N2O3. The van der Waals surface area contributed by atoms with Crippen molar-refractivity contribution >= 4 is 11.9 Å². The summed E-state index contributed by atoms with van der Waals surface area (Å²) in [6, 6.07) is -0.568. The molecule has 0 spiro atoms. The highest BCUT2D eigenvalue weighted by molar-refractivity contribution is 5.83. The molecule has 5 heteroatoms. The lowest BCUT2D eigenvalue weighted by Crippen LogP contribution is -2.54. The summed E-state index contributed by atoms with van der Waals surface area (Å²) >= 11 is 0. The minimum absolute atomic E-state index is 0.0104. The third-order valence-corrected chi connectivity index (χ3v) is 3.46. The minimum atomic E-state index is -0.870. The van der Waals surface area contributed by atoms with E-state index in [9.17, 15) is 9.59 Å². The highest BCUT2D eigenvalue weighted by atomic mass is 16.4. The van der Waals surface area contributed by atoms with Gasteiger partial charge in [0.15, 0.2) is 0 Å². The van der Waals surface area contributed by atoms with Gasteiger partial charge in [0.05, 0.1) is 18.0 Å². The van der Waals surface area contributed by atoms with Crippen molar-refractivity contribution < 1.29 is 14.7 Å². The fourth-order valence-corrected chi connectivity index (χ4v) is 2.33. The molecule has 1 amide bonds. The predicted octanol–water partition coefficient (Wildman–Crippen LogP) is 0.873. The van der Waals surface area contributed by atoms with Crippen molar-refractivity contribution in [3.63, 3.8) is 0 Å². The van der Waals surface area contributed by atoms with Gasteiger partial charge in [-0.1, -0.05) is 26.7 Å². The van der Waals surface area contributed by atoms with Crippen LogP contribution in [-0.4, -0.2) is 28.6 Å². The molecule has 0 aromatic heterocycles. The summed E-state index contributed by atoms with van der Waals surface area (Å²) in [5, 5.41) is 11.8. The van der Waals surface area contributed by atoms with Crippen LogP contribution in [-0.2, 0) is 9.59 Å². The molecule has 1 saturated carbocycles. The van der Waals surface area contributed by atoms with Gasteiger partial charge in [-0.25, -0.2) is 0 Å². The van der Waals surface area contributed by atoms with E-state index in [0.29, 0.717) is 0 Å². The van der Waals surface area contributed by atoms with Crippen LogP contribution in [0.3, 0.4) is 0 Å². The minimum Gasteiger partial charge on any atom is -0.481 e. The van der Waals surface area contributed by atoms with Gasteiger partial charge in [0.25, 0.3) is 0 Å². The standard InChI is InChI=1S/C12H22N2O3/c1-8(2)10(13)11(17)14-12(7-9(15)16)5-3-4-6-12/h8,10H,3-7,13H2,1-2H3,(H,14,17)(H,15,16)/t10-/m1/s1. The van der Waals surface area contributed by atoms with E-state index in [2.05, 4.69) is 5.32 Å². The van der Waals surface area contributed by atoms with E-state index in [1.165, 1.54) is 0 Å². The summed E-state index contributed by atoms with van der Waals surface area (Å²) in [7, 11) is 0. The maximum atomic E-state index is 11.9. The van der Waals surface area contributed by atoms with Crippen LogP contribution in [0.2, 0.25) is 0 Å². The monoisotopic (exact) mass is 242 g/mol. The van der Waals surface area contributed by atoms with E-state index in [1.54, 1.807) is 0 Å². The number of aliphatic carboxylic acids is 1. The van der Waals surface area contributed by atoms with Crippen LogP contribution < -0.4 is 11.1 Å². The highest BCUT2D eigenvalue weighted by Gasteiger charge is 2.38. The van der Waals surface area contributed by atoms with Gasteiger partial charge in [-0.15, -0.1) is 0 Å². The summed E-state index contributed by atoms with van der Waals surface area (Å²) in [6.45, 7) is 3.76. The second-order valence-corrected chi connectivity index (χ2v) is 5.32. The first-order valence-electron chi connectivity index (χ1n) is 6.16. The van der Waals surface area contributed by atoms with Gasteiger partial charge in [-0.05, 0) is 18.8 Å². The van der Waals surface area contributed by atoms with Crippen LogP contribution >= 0.6 is 0 Å². The summed E-state index contributed by atoms with van der Waals surface area (Å²) < 4.78 is 0. The van der Waals surface area contributed by atoms with E-state index in [-0.39, 0.29) is 18.2 Å². The number of carboxylic acids is 1. The average Bonchev–Trinajstić information content (AvgIpc) is 2.63. The number of amides is 1. The Kier molecular flexibility index (Phi) is 4.51. The molecule has 1 rings (SSSR count). The number of hydrogen-bond acceptors (Lipinski definition) is 3. The number of nitrogens with one attached hydrogen (secondary N) is 1. The van der Waals surface area contributed by atoms with Gasteiger partial charge in [-0.3, -0.25) is 9.59 Å². The number of nitrogens with two attached hydrogens (primary N) is 1. The molecule has 0 bridgehead atoms. The van der Waals surface area contributed by atoms with Gasteiger partial charge in [0.1, 0.15) is 0 Å². The summed E-state index contributed by atoms with van der Waals surface area (Å²) in [5.41, 5.74) is 5.19. The topological polar surface area (TPSA) is 92.4 Å². The molecule has 1 aliphatic rings. The Bertz CT molecular complexity index is 296. The van der Waals surface area contributed by atoms with Gasteiger partial charge in [0.2, 0.25) is 5.91 Å². The zero-order valence-corrected chi connectivity index (χ0v) is 10.5. The molecule has 0 aromatic rings. The van der Waals surface area contributed by atoms with Gasteiger partial charge >= 0.3 is 5.97 Å². The molecule has 0 aliphatic heterocycles. The third kappa shape index (κ3) is 3.70. The SMILES string of the molecule is CC(C)[C@@H](N)C(=O)NC1(CC(=O)O)CCCC1. The molecule has 0 radical (unpaired) electrons. The van der Waals surface area contributed by atoms with E-state index in [0.717, 1.165) is 25.7 Å². The molecule has 0 unspecified atom stereocenters. The van der Waals surface area contributed by atoms with Crippen molar-refractivity contribution in [2.75, 3.05) is 0 Å². The molecule has 4 N–H and O–H groups in total. The normalized spacial score (nSPS) is 20.2. The van der Waals surface area contributed by atoms with Crippen LogP contribution in [0, 0.1) is 5.92 Å². The largest absolute Gasteiger partial charge is 0.481 e. The smallest absolute Gasteiger partial charge is 0.305 e. The van der Waals surface area contributed by atoms with Crippen molar-refractivity contribution in [1.29, 1.82) is 0 Å². The molecule has 0 heterocycles. The molecule has 1 aliphatic carbocycles. The zero-order chi connectivity index (χ0) is 13.1. The van der Waals surface area contributed by atoms with Gasteiger partial charge in [-0.2, -0.15) is 0 Å². The van der Waals surface area contributed by atoms with Crippen LogP contribution in [0.1, 0.15) is 46.0 Å². The molecule has 17 heavy (non-hydrogen) atoms. The first-order valence-corrected chi connectivity index (χ1v) is 6.16. The zero-order valence-electron chi connectivity index (χ0n) is 10.5. The molecule has 1 atom stereocenters. The summed E-state index contributed by atoms with van der Waals surface area (Å²) in [4.78, 5) is 22.8. The van der Waals surface area contributed by atoms with E-state index >= 15 is 0 Å². The van der Waals surface area contributed by atoms with Gasteiger partial charge in [0, 0.05) is 0 Å². The Balaban J connectivity index is 2.67. The second kappa shape index (κ2) is 5.49. The molecule has 1 fully saturated rings. The summed E-state index contributed by atoms with van der Waals surface area (Å²) in [5.74, 6) is -1.05. The maximum Gasteiger partial charge on any atom is 0.305 e. The lowest BCUT2D eigenvalue weighted by atomic mass is 9.92. The molecule has 0 saturated heterocycles. The quantitative estimate of drug-likeness (QED) is 0.667. The van der Waals surface area contributed by atoms with Crippen LogP contribution in [0.15, 0.2) is 0 Å². The Labute approximate surface area is 102 Å². The first kappa shape index (κ1) is 14.0. The fourth-order valence-electron chi connectivity index (χ4n) is 2.33. The Hall–Kier alpha value is -1.10. The fraction of sp³-hybridized carbons (Fsp3) is 0.833. The highest BCUT2D eigenvalue weighted by Crippen LogP contribution is 2.32. The lowest BCUT2D eigenvalue weighted by molar-refractivity contribution is -0.139. The Morgan fingerprint density at radius 2 is 1.88 bits per heavy atom. The van der Waals surface area contributed by atoms with Crippen LogP contribution in [0.4, 0.5) is 0 Å². The molecule has 0 aromatic carbocycles. The van der Waals surface area contributed by atoms with Gasteiger partial charge < -0.3 is 16.2 Å². The molecule has 5 nitrogen and oxygen atoms in total. The number of carbonyl (C=O) groups excluding carboxylic acids is 1. The van der Waals surface area contributed by atoms with Crippen molar-refractivity contribution in [3.05, 3.63) is 0 Å². The van der Waals surface area contributed by atoms with Crippen LogP contribution in [0.25, 0.3) is 0 Å². The number of hydrogen-bond donors (Lipinski definition) is 3. The maximum absolute atomic E-state index is 11.9.